The Kier molecular flexibility index (Phi) is 6.64. The molecule has 0 N–H and O–H groups in total. The third kappa shape index (κ3) is 6.34. The summed E-state index contributed by atoms with van der Waals surface area (Å²) in [4.78, 5) is 0. The molecule has 0 amide bonds. The molecule has 0 rings (SSSR count). The van der Waals surface area contributed by atoms with Gasteiger partial charge in [0.1, 0.15) is 0 Å². The number of hydrogen-bond acceptors (Lipinski definition) is 0. The average molecular weight is 90.1 g/mol. The molecule has 7 heavy (non-hydrogen) atoms. The molecular weight excluding hydrogens is 79.0 g/mol. The summed E-state index contributed by atoms with van der Waals surface area (Å²) in [7, 11) is 0. The van der Waals surface area contributed by atoms with Crippen molar-refractivity contribution < 1.29 is 0 Å². The van der Waals surface area contributed by atoms with Gasteiger partial charge in [0.15, 0.2) is 0 Å². The van der Waals surface area contributed by atoms with Crippen LogP contribution in [0, 0.1) is 0 Å². The van der Waals surface area contributed by atoms with E-state index in [1.807, 2.05) is 0 Å². The Morgan fingerprint density at radius 1 is 1.57 bits per heavy atom. The molecule has 36 valence electrons. The van der Waals surface area contributed by atoms with Crippen molar-refractivity contribution in [2.45, 2.75) is 26.2 Å². The van der Waals surface area contributed by atoms with Gasteiger partial charge in [0, 0.05) is 0 Å². The van der Waals surface area contributed by atoms with E-state index in [4.69, 9.17) is 0 Å². The van der Waals surface area contributed by atoms with E-state index in [1.165, 1.54) is 19.3 Å². The summed E-state index contributed by atoms with van der Waals surface area (Å²) >= 11 is 2.07. The minimum absolute atomic E-state index is 1.26. The molecule has 0 aliphatic rings. The van der Waals surface area contributed by atoms with Crippen molar-refractivity contribution in [3.05, 3.63) is 10.8 Å². The van der Waals surface area contributed by atoms with Crippen molar-refractivity contribution in [3.8, 4) is 0 Å². The standard InChI is InChI=1S/C6H11.Li/c1-3-5-6-4-2;/h1,3H,4-6H2,2H3;. The van der Waals surface area contributed by atoms with Crippen LogP contribution in [0.25, 0.3) is 0 Å². The maximum absolute atomic E-state index is 2.21. The fraction of sp³-hybridized carbons (Fsp3) is 0.667. The molecular formula is C6H11Li. The summed E-state index contributed by atoms with van der Waals surface area (Å²) in [5, 5.41) is 0. The van der Waals surface area contributed by atoms with Crippen molar-refractivity contribution in [2.75, 3.05) is 0 Å². The molecule has 0 bridgehead atoms. The van der Waals surface area contributed by atoms with Gasteiger partial charge >= 0.3 is 54.7 Å². The van der Waals surface area contributed by atoms with E-state index in [0.29, 0.717) is 0 Å². The molecule has 0 aromatic heterocycles. The minimum atomic E-state index is 1.26. The van der Waals surface area contributed by atoms with Crippen molar-refractivity contribution in [3.63, 3.8) is 0 Å². The van der Waals surface area contributed by atoms with E-state index in [1.54, 1.807) is 0 Å². The monoisotopic (exact) mass is 90.1 g/mol. The molecule has 0 aromatic rings. The van der Waals surface area contributed by atoms with Gasteiger partial charge in [-0.25, -0.2) is 0 Å². The molecule has 0 aliphatic carbocycles. The van der Waals surface area contributed by atoms with E-state index >= 15 is 0 Å². The van der Waals surface area contributed by atoms with Gasteiger partial charge in [-0.2, -0.15) is 0 Å². The summed E-state index contributed by atoms with van der Waals surface area (Å²) in [5.74, 6) is 0. The van der Waals surface area contributed by atoms with Crippen LogP contribution in [0.5, 0.6) is 0 Å². The van der Waals surface area contributed by atoms with Crippen LogP contribution in [0.4, 0.5) is 0 Å². The number of hydrogen-bond donors (Lipinski definition) is 0. The van der Waals surface area contributed by atoms with Gasteiger partial charge in [-0.05, 0) is 0 Å². The van der Waals surface area contributed by atoms with Crippen LogP contribution < -0.4 is 0 Å². The Balaban J connectivity index is 2.69. The molecule has 0 saturated heterocycles. The predicted octanol–water partition coefficient (Wildman–Crippen LogP) is 1.86. The SMILES string of the molecule is [Li][CH]=CCCCC. The first kappa shape index (κ1) is 7.34. The van der Waals surface area contributed by atoms with Gasteiger partial charge in [0.05, 0.1) is 0 Å². The van der Waals surface area contributed by atoms with Gasteiger partial charge in [0.2, 0.25) is 0 Å². The third-order valence-corrected chi connectivity index (χ3v) is 0.960. The van der Waals surface area contributed by atoms with E-state index in [2.05, 4.69) is 35.5 Å². The Bertz CT molecular complexity index is 48.1. The molecule has 0 aliphatic heterocycles. The summed E-state index contributed by atoms with van der Waals surface area (Å²) < 4.78 is 2.11. The summed E-state index contributed by atoms with van der Waals surface area (Å²) in [6.07, 6.45) is 6.12. The molecule has 0 spiro atoms. The zero-order valence-electron chi connectivity index (χ0n) is 5.28. The first-order valence-electron chi connectivity index (χ1n) is 3.03. The van der Waals surface area contributed by atoms with Gasteiger partial charge in [-0.15, -0.1) is 0 Å². The van der Waals surface area contributed by atoms with Gasteiger partial charge in [-0.1, -0.05) is 0 Å². The van der Waals surface area contributed by atoms with Gasteiger partial charge in [-0.3, -0.25) is 0 Å². The molecule has 0 atom stereocenters. The van der Waals surface area contributed by atoms with Crippen LogP contribution in [0.3, 0.4) is 0 Å². The van der Waals surface area contributed by atoms with E-state index in [9.17, 15) is 0 Å². The molecule has 0 heterocycles. The Hall–Kier alpha value is 0.337. The zero-order chi connectivity index (χ0) is 5.54. The second-order valence-electron chi connectivity index (χ2n) is 1.71. The second-order valence-corrected chi connectivity index (χ2v) is 1.71. The maximum atomic E-state index is 2.21. The molecule has 0 nitrogen and oxygen atoms in total. The molecule has 0 saturated carbocycles. The fourth-order valence-electron chi connectivity index (χ4n) is 0.489. The quantitative estimate of drug-likeness (QED) is 0.366. The first-order valence-corrected chi connectivity index (χ1v) is 3.03. The van der Waals surface area contributed by atoms with Crippen molar-refractivity contribution in [2.24, 2.45) is 0 Å². The van der Waals surface area contributed by atoms with Gasteiger partial charge in [0.25, 0.3) is 0 Å². The van der Waals surface area contributed by atoms with Crippen LogP contribution in [0.15, 0.2) is 10.8 Å². The van der Waals surface area contributed by atoms with Crippen molar-refractivity contribution in [1.82, 2.24) is 0 Å². The molecule has 1 heteroatoms. The Morgan fingerprint density at radius 3 is 2.71 bits per heavy atom. The summed E-state index contributed by atoms with van der Waals surface area (Å²) in [5.41, 5.74) is 0. The number of allylic oxidation sites excluding steroid dienone is 1. The second kappa shape index (κ2) is 6.34. The molecule has 0 fully saturated rings. The van der Waals surface area contributed by atoms with Crippen LogP contribution in [0.1, 0.15) is 26.2 Å². The summed E-state index contributed by atoms with van der Waals surface area (Å²) in [6, 6.07) is 0. The normalized spacial score (nSPS) is 10.7. The van der Waals surface area contributed by atoms with E-state index in [-0.39, 0.29) is 0 Å². The topological polar surface area (TPSA) is 0 Å². The Morgan fingerprint density at radius 2 is 2.29 bits per heavy atom. The third-order valence-electron chi connectivity index (χ3n) is 0.960. The number of unbranched alkanes of at least 4 members (excludes halogenated alkanes) is 2. The molecule has 0 radical (unpaired) electrons. The molecule has 0 unspecified atom stereocenters. The zero-order valence-corrected chi connectivity index (χ0v) is 5.28. The van der Waals surface area contributed by atoms with Crippen molar-refractivity contribution >= 4 is 17.7 Å². The van der Waals surface area contributed by atoms with Crippen LogP contribution in [-0.2, 0) is 0 Å². The van der Waals surface area contributed by atoms with E-state index < -0.39 is 0 Å². The van der Waals surface area contributed by atoms with Crippen LogP contribution >= 0.6 is 0 Å². The molecule has 0 aromatic carbocycles. The predicted molar refractivity (Wildman–Crippen MR) is 34.4 cm³/mol. The summed E-state index contributed by atoms with van der Waals surface area (Å²) in [6.45, 7) is 2.21. The van der Waals surface area contributed by atoms with Crippen molar-refractivity contribution in [1.29, 1.82) is 0 Å². The van der Waals surface area contributed by atoms with Crippen LogP contribution in [0.2, 0.25) is 0 Å². The fourth-order valence-corrected chi connectivity index (χ4v) is 0.489. The van der Waals surface area contributed by atoms with Gasteiger partial charge < -0.3 is 0 Å². The number of rotatable bonds is 3. The van der Waals surface area contributed by atoms with E-state index in [0.717, 1.165) is 0 Å². The first-order chi connectivity index (χ1) is 3.41. The Labute approximate surface area is 55.2 Å². The van der Waals surface area contributed by atoms with Crippen LogP contribution in [-0.4, -0.2) is 17.7 Å². The average Bonchev–Trinajstić information content (AvgIpc) is 1.69.